The van der Waals surface area contributed by atoms with Gasteiger partial charge in [0.15, 0.2) is 5.65 Å². The van der Waals surface area contributed by atoms with Gasteiger partial charge in [0.25, 0.3) is 0 Å². The Morgan fingerprint density at radius 3 is 2.57 bits per heavy atom. The molecule has 2 aromatic heterocycles. The topological polar surface area (TPSA) is 70.7 Å². The van der Waals surface area contributed by atoms with Crippen LogP contribution in [-0.2, 0) is 0 Å². The first kappa shape index (κ1) is 13.1. The third kappa shape index (κ3) is 2.43. The summed E-state index contributed by atoms with van der Waals surface area (Å²) in [4.78, 5) is 17.1. The number of aromatic nitrogens is 3. The van der Waals surface area contributed by atoms with Crippen molar-refractivity contribution in [1.29, 1.82) is 0 Å². The maximum atomic E-state index is 10.9. The van der Waals surface area contributed by atoms with Gasteiger partial charge in [-0.05, 0) is 12.1 Å². The van der Waals surface area contributed by atoms with Crippen molar-refractivity contribution in [3.05, 3.63) is 48.3 Å². The molecule has 2 heterocycles. The molecule has 0 bridgehead atoms. The van der Waals surface area contributed by atoms with Crippen molar-refractivity contribution in [2.45, 2.75) is 0 Å². The number of fused-ring (bicyclic) bond motifs is 1. The molecule has 21 heavy (non-hydrogen) atoms. The van der Waals surface area contributed by atoms with Crippen molar-refractivity contribution in [1.82, 2.24) is 14.6 Å². The molecule has 0 aliphatic carbocycles. The average molecular weight is 282 g/mol. The van der Waals surface area contributed by atoms with E-state index in [0.717, 1.165) is 16.9 Å². The van der Waals surface area contributed by atoms with Crippen LogP contribution in [0.4, 0.5) is 5.69 Å². The summed E-state index contributed by atoms with van der Waals surface area (Å²) < 4.78 is 1.48. The molecule has 6 heteroatoms. The zero-order valence-electron chi connectivity index (χ0n) is 11.7. The van der Waals surface area contributed by atoms with Crippen molar-refractivity contribution in [2.24, 2.45) is 0 Å². The molecule has 0 saturated carbocycles. The summed E-state index contributed by atoms with van der Waals surface area (Å²) in [5, 5.41) is 13.3. The summed E-state index contributed by atoms with van der Waals surface area (Å²) in [6.45, 7) is 0. The number of nitrogens with zero attached hydrogens (tertiary/aromatic N) is 4. The Kier molecular flexibility index (Phi) is 3.06. The normalized spacial score (nSPS) is 10.8. The Hall–Kier alpha value is -2.89. The predicted molar refractivity (Wildman–Crippen MR) is 79.7 cm³/mol. The number of rotatable bonds is 3. The van der Waals surface area contributed by atoms with Crippen LogP contribution in [0.1, 0.15) is 10.4 Å². The number of benzene rings is 1. The van der Waals surface area contributed by atoms with Crippen LogP contribution in [0.25, 0.3) is 16.9 Å². The van der Waals surface area contributed by atoms with Gasteiger partial charge in [-0.25, -0.2) is 14.3 Å². The molecule has 6 nitrogen and oxygen atoms in total. The van der Waals surface area contributed by atoms with Crippen LogP contribution in [0.2, 0.25) is 0 Å². The van der Waals surface area contributed by atoms with E-state index in [2.05, 4.69) is 10.1 Å². The van der Waals surface area contributed by atoms with Gasteiger partial charge < -0.3 is 10.0 Å². The molecular weight excluding hydrogens is 268 g/mol. The summed E-state index contributed by atoms with van der Waals surface area (Å²) in [6, 6.07) is 9.81. The predicted octanol–water partition coefficient (Wildman–Crippen LogP) is 2.16. The number of carbonyl (C=O) groups is 1. The van der Waals surface area contributed by atoms with Gasteiger partial charge in [0.2, 0.25) is 0 Å². The smallest absolute Gasteiger partial charge is 0.338 e. The fraction of sp³-hybridized carbons (Fsp3) is 0.133. The Morgan fingerprint density at radius 2 is 1.95 bits per heavy atom. The van der Waals surface area contributed by atoms with E-state index in [1.165, 1.54) is 16.9 Å². The minimum Gasteiger partial charge on any atom is -0.478 e. The molecule has 1 N–H and O–H groups in total. The fourth-order valence-corrected chi connectivity index (χ4v) is 2.06. The van der Waals surface area contributed by atoms with Crippen LogP contribution in [-0.4, -0.2) is 39.8 Å². The minimum atomic E-state index is -1.02. The van der Waals surface area contributed by atoms with E-state index in [1.807, 2.05) is 49.3 Å². The summed E-state index contributed by atoms with van der Waals surface area (Å²) in [5.74, 6) is -1.02. The fourth-order valence-electron chi connectivity index (χ4n) is 2.06. The lowest BCUT2D eigenvalue weighted by Gasteiger charge is -2.11. The molecule has 0 amide bonds. The van der Waals surface area contributed by atoms with E-state index in [1.54, 1.807) is 0 Å². The van der Waals surface area contributed by atoms with Crippen molar-refractivity contribution >= 4 is 17.3 Å². The van der Waals surface area contributed by atoms with Gasteiger partial charge in [-0.15, -0.1) is 0 Å². The van der Waals surface area contributed by atoms with Crippen LogP contribution in [0, 0.1) is 0 Å². The quantitative estimate of drug-likeness (QED) is 0.797. The van der Waals surface area contributed by atoms with Crippen LogP contribution < -0.4 is 4.90 Å². The second-order valence-corrected chi connectivity index (χ2v) is 4.92. The van der Waals surface area contributed by atoms with E-state index in [4.69, 9.17) is 5.11 Å². The number of hydrogen-bond donors (Lipinski definition) is 1. The highest BCUT2D eigenvalue weighted by Crippen LogP contribution is 2.22. The van der Waals surface area contributed by atoms with Crippen LogP contribution in [0.3, 0.4) is 0 Å². The van der Waals surface area contributed by atoms with Gasteiger partial charge in [-0.2, -0.15) is 5.10 Å². The van der Waals surface area contributed by atoms with E-state index in [-0.39, 0.29) is 5.56 Å². The number of carboxylic acids is 1. The van der Waals surface area contributed by atoms with Crippen molar-refractivity contribution in [3.63, 3.8) is 0 Å². The molecule has 1 aromatic carbocycles. The zero-order chi connectivity index (χ0) is 15.0. The Labute approximate surface area is 121 Å². The molecule has 0 aliphatic rings. The second-order valence-electron chi connectivity index (χ2n) is 4.92. The maximum absolute atomic E-state index is 10.9. The average Bonchev–Trinajstić information content (AvgIpc) is 2.90. The molecule has 106 valence electrons. The lowest BCUT2D eigenvalue weighted by Crippen LogP contribution is -2.07. The summed E-state index contributed by atoms with van der Waals surface area (Å²) in [5.41, 5.74) is 3.55. The summed E-state index contributed by atoms with van der Waals surface area (Å²) in [7, 11) is 3.97. The Morgan fingerprint density at radius 1 is 1.24 bits per heavy atom. The van der Waals surface area contributed by atoms with E-state index >= 15 is 0 Å². The Bertz CT molecular complexity index is 806. The van der Waals surface area contributed by atoms with Crippen molar-refractivity contribution in [3.8, 4) is 11.3 Å². The standard InChI is InChI=1S/C15H14N4O2/c1-18(2)12-5-3-10(4-6-12)13-7-14-16-8-11(15(20)21)9-19(14)17-13/h3-9H,1-2H3,(H,20,21). The van der Waals surface area contributed by atoms with Gasteiger partial charge in [-0.3, -0.25) is 0 Å². The molecule has 0 aliphatic heterocycles. The first-order chi connectivity index (χ1) is 10.0. The molecule has 3 rings (SSSR count). The second kappa shape index (κ2) is 4.90. The highest BCUT2D eigenvalue weighted by molar-refractivity contribution is 5.87. The highest BCUT2D eigenvalue weighted by Gasteiger charge is 2.09. The third-order valence-corrected chi connectivity index (χ3v) is 3.24. The number of hydrogen-bond acceptors (Lipinski definition) is 4. The van der Waals surface area contributed by atoms with E-state index in [0.29, 0.717) is 5.65 Å². The zero-order valence-corrected chi connectivity index (χ0v) is 11.7. The lowest BCUT2D eigenvalue weighted by molar-refractivity contribution is 0.0695. The molecule has 0 radical (unpaired) electrons. The lowest BCUT2D eigenvalue weighted by atomic mass is 10.1. The Balaban J connectivity index is 2.02. The first-order valence-electron chi connectivity index (χ1n) is 6.41. The van der Waals surface area contributed by atoms with Crippen LogP contribution in [0.15, 0.2) is 42.7 Å². The van der Waals surface area contributed by atoms with Gasteiger partial charge in [0.1, 0.15) is 0 Å². The molecule has 0 fully saturated rings. The minimum absolute atomic E-state index is 0.111. The van der Waals surface area contributed by atoms with E-state index in [9.17, 15) is 4.79 Å². The summed E-state index contributed by atoms with van der Waals surface area (Å²) in [6.07, 6.45) is 2.79. The molecule has 0 spiro atoms. The van der Waals surface area contributed by atoms with Gasteiger partial charge >= 0.3 is 5.97 Å². The molecule has 0 unspecified atom stereocenters. The first-order valence-corrected chi connectivity index (χ1v) is 6.41. The van der Waals surface area contributed by atoms with Crippen molar-refractivity contribution < 1.29 is 9.90 Å². The number of anilines is 1. The maximum Gasteiger partial charge on any atom is 0.338 e. The number of carboxylic acid groups (broad SMARTS) is 1. The molecule has 0 saturated heterocycles. The molecule has 0 atom stereocenters. The number of aromatic carboxylic acids is 1. The van der Waals surface area contributed by atoms with Crippen molar-refractivity contribution in [2.75, 3.05) is 19.0 Å². The van der Waals surface area contributed by atoms with Gasteiger partial charge in [-0.1, -0.05) is 12.1 Å². The largest absolute Gasteiger partial charge is 0.478 e. The molecule has 3 aromatic rings. The van der Waals surface area contributed by atoms with Crippen LogP contribution >= 0.6 is 0 Å². The SMILES string of the molecule is CN(C)c1ccc(-c2cc3ncc(C(=O)O)cn3n2)cc1. The summed E-state index contributed by atoms with van der Waals surface area (Å²) >= 11 is 0. The van der Waals surface area contributed by atoms with Gasteiger partial charge in [0.05, 0.1) is 11.3 Å². The third-order valence-electron chi connectivity index (χ3n) is 3.24. The van der Waals surface area contributed by atoms with E-state index < -0.39 is 5.97 Å². The van der Waals surface area contributed by atoms with Gasteiger partial charge in [0, 0.05) is 43.8 Å². The molecular formula is C15H14N4O2. The van der Waals surface area contributed by atoms with Crippen LogP contribution in [0.5, 0.6) is 0 Å². The highest BCUT2D eigenvalue weighted by atomic mass is 16.4. The monoisotopic (exact) mass is 282 g/mol.